The van der Waals surface area contributed by atoms with Gasteiger partial charge in [-0.1, -0.05) is 32.0 Å². The molecule has 1 aromatic carbocycles. The lowest BCUT2D eigenvalue weighted by atomic mass is 9.90. The van der Waals surface area contributed by atoms with Crippen molar-refractivity contribution >= 4 is 5.91 Å². The van der Waals surface area contributed by atoms with E-state index in [9.17, 15) is 4.79 Å². The summed E-state index contributed by atoms with van der Waals surface area (Å²) >= 11 is 0. The highest BCUT2D eigenvalue weighted by Crippen LogP contribution is 2.27. The van der Waals surface area contributed by atoms with Crippen LogP contribution in [0.15, 0.2) is 24.3 Å². The summed E-state index contributed by atoms with van der Waals surface area (Å²) in [5, 5.41) is 8.55. The molecule has 2 heterocycles. The van der Waals surface area contributed by atoms with Crippen LogP contribution in [-0.2, 0) is 30.5 Å². The molecule has 1 aliphatic heterocycles. The van der Waals surface area contributed by atoms with E-state index in [-0.39, 0.29) is 5.91 Å². The summed E-state index contributed by atoms with van der Waals surface area (Å²) in [6.07, 6.45) is 3.79. The third kappa shape index (κ3) is 5.15. The van der Waals surface area contributed by atoms with E-state index in [1.165, 1.54) is 11.3 Å². The quantitative estimate of drug-likeness (QED) is 0.684. The maximum atomic E-state index is 13.3. The number of nitrogens with one attached hydrogen (secondary N) is 1. The van der Waals surface area contributed by atoms with E-state index in [1.54, 1.807) is 7.11 Å². The monoisotopic (exact) mass is 440 g/mol. The molecule has 7 heteroatoms. The topological polar surface area (TPSA) is 68.6 Å². The molecule has 4 rings (SSSR count). The molecule has 0 bridgehead atoms. The summed E-state index contributed by atoms with van der Waals surface area (Å²) in [6, 6.07) is 8.53. The fourth-order valence-electron chi connectivity index (χ4n) is 4.77. The van der Waals surface area contributed by atoms with Gasteiger partial charge in [0.15, 0.2) is 5.69 Å². The fourth-order valence-corrected chi connectivity index (χ4v) is 4.77. The molecule has 1 N–H and O–H groups in total. The molecule has 0 radical (unpaired) electrons. The maximum Gasteiger partial charge on any atom is 0.274 e. The lowest BCUT2D eigenvalue weighted by Crippen LogP contribution is -2.42. The lowest BCUT2D eigenvalue weighted by molar-refractivity contribution is 0.0297. The van der Waals surface area contributed by atoms with Crippen LogP contribution in [0.2, 0.25) is 0 Å². The van der Waals surface area contributed by atoms with Gasteiger partial charge in [0.2, 0.25) is 0 Å². The van der Waals surface area contributed by atoms with Crippen molar-refractivity contribution in [2.75, 3.05) is 40.0 Å². The normalized spacial score (nSPS) is 18.6. The number of carbonyl (C=O) groups excluding carboxylic acids is 1. The summed E-state index contributed by atoms with van der Waals surface area (Å²) in [5.74, 6) is 1.48. The standard InChI is InChI=1S/C25H36N4O3/c1-18(2)17-29-22-9-8-20(26-11-10-19-6-4-5-7-23(19)31-3)16-21(22)24(27-29)25(30)28-12-14-32-15-13-28/h4-7,18,20,26H,8-17H2,1-3H3. The Bertz CT molecular complexity index is 918. The molecule has 174 valence electrons. The van der Waals surface area contributed by atoms with Gasteiger partial charge in [0.05, 0.1) is 20.3 Å². The Labute approximate surface area is 191 Å². The molecule has 2 aliphatic rings. The summed E-state index contributed by atoms with van der Waals surface area (Å²) < 4.78 is 13.0. The molecule has 1 aromatic heterocycles. The predicted molar refractivity (Wildman–Crippen MR) is 124 cm³/mol. The Balaban J connectivity index is 1.46. The van der Waals surface area contributed by atoms with Crippen LogP contribution in [0.25, 0.3) is 0 Å². The molecule has 0 spiro atoms. The fraction of sp³-hybridized carbons (Fsp3) is 0.600. The Morgan fingerprint density at radius 2 is 2.06 bits per heavy atom. The van der Waals surface area contributed by atoms with Gasteiger partial charge in [-0.2, -0.15) is 5.10 Å². The first-order valence-electron chi connectivity index (χ1n) is 11.9. The van der Waals surface area contributed by atoms with E-state index in [0.717, 1.165) is 50.1 Å². The van der Waals surface area contributed by atoms with Crippen LogP contribution >= 0.6 is 0 Å². The van der Waals surface area contributed by atoms with Crippen LogP contribution in [0, 0.1) is 5.92 Å². The molecule has 1 saturated heterocycles. The smallest absolute Gasteiger partial charge is 0.274 e. The zero-order valence-electron chi connectivity index (χ0n) is 19.6. The highest BCUT2D eigenvalue weighted by atomic mass is 16.5. The van der Waals surface area contributed by atoms with Gasteiger partial charge in [-0.25, -0.2) is 0 Å². The predicted octanol–water partition coefficient (Wildman–Crippen LogP) is 2.71. The molecule has 1 fully saturated rings. The van der Waals surface area contributed by atoms with Gasteiger partial charge in [-0.3, -0.25) is 9.48 Å². The SMILES string of the molecule is COc1ccccc1CCNC1CCc2c(c(C(=O)N3CCOCC3)nn2CC(C)C)C1. The number of nitrogens with zero attached hydrogens (tertiary/aromatic N) is 3. The number of amides is 1. The van der Waals surface area contributed by atoms with Crippen molar-refractivity contribution < 1.29 is 14.3 Å². The second-order valence-corrected chi connectivity index (χ2v) is 9.21. The van der Waals surface area contributed by atoms with Gasteiger partial charge in [-0.15, -0.1) is 0 Å². The number of rotatable bonds is 8. The van der Waals surface area contributed by atoms with Crippen LogP contribution in [0.4, 0.5) is 0 Å². The minimum Gasteiger partial charge on any atom is -0.496 e. The minimum atomic E-state index is 0.0572. The van der Waals surface area contributed by atoms with Crippen molar-refractivity contribution in [2.24, 2.45) is 5.92 Å². The van der Waals surface area contributed by atoms with Gasteiger partial charge in [0.1, 0.15) is 5.75 Å². The molecule has 1 amide bonds. The third-order valence-electron chi connectivity index (χ3n) is 6.41. The number of methoxy groups -OCH3 is 1. The van der Waals surface area contributed by atoms with Gasteiger partial charge in [-0.05, 0) is 49.8 Å². The number of hydrogen-bond acceptors (Lipinski definition) is 5. The first kappa shape index (κ1) is 22.8. The van der Waals surface area contributed by atoms with Gasteiger partial charge < -0.3 is 19.7 Å². The van der Waals surface area contributed by atoms with E-state index >= 15 is 0 Å². The number of carbonyl (C=O) groups is 1. The second kappa shape index (κ2) is 10.5. The molecule has 1 aliphatic carbocycles. The van der Waals surface area contributed by atoms with Crippen molar-refractivity contribution in [3.05, 3.63) is 46.8 Å². The van der Waals surface area contributed by atoms with E-state index < -0.39 is 0 Å². The van der Waals surface area contributed by atoms with Crippen LogP contribution in [0.5, 0.6) is 5.75 Å². The first-order chi connectivity index (χ1) is 15.6. The van der Waals surface area contributed by atoms with Crippen molar-refractivity contribution in [3.63, 3.8) is 0 Å². The van der Waals surface area contributed by atoms with Crippen LogP contribution in [-0.4, -0.2) is 66.6 Å². The van der Waals surface area contributed by atoms with Crippen LogP contribution < -0.4 is 10.1 Å². The summed E-state index contributed by atoms with van der Waals surface area (Å²) in [7, 11) is 1.72. The Morgan fingerprint density at radius 1 is 1.28 bits per heavy atom. The number of benzene rings is 1. The molecule has 32 heavy (non-hydrogen) atoms. The van der Waals surface area contributed by atoms with Crippen molar-refractivity contribution in [3.8, 4) is 5.75 Å². The molecule has 2 aromatic rings. The Kier molecular flexibility index (Phi) is 7.48. The molecule has 1 unspecified atom stereocenters. The molecule has 1 atom stereocenters. The third-order valence-corrected chi connectivity index (χ3v) is 6.41. The summed E-state index contributed by atoms with van der Waals surface area (Å²) in [4.78, 5) is 15.2. The Hall–Kier alpha value is -2.38. The zero-order chi connectivity index (χ0) is 22.5. The van der Waals surface area contributed by atoms with Crippen molar-refractivity contribution in [1.29, 1.82) is 0 Å². The van der Waals surface area contributed by atoms with Gasteiger partial charge >= 0.3 is 0 Å². The maximum absolute atomic E-state index is 13.3. The summed E-state index contributed by atoms with van der Waals surface area (Å²) in [5.41, 5.74) is 4.26. The molecule has 7 nitrogen and oxygen atoms in total. The van der Waals surface area contributed by atoms with Crippen LogP contribution in [0.1, 0.15) is 47.6 Å². The minimum absolute atomic E-state index is 0.0572. The highest BCUT2D eigenvalue weighted by Gasteiger charge is 2.31. The van der Waals surface area contributed by atoms with Crippen molar-refractivity contribution in [2.45, 2.75) is 52.1 Å². The number of fused-ring (bicyclic) bond motifs is 1. The van der Waals surface area contributed by atoms with Crippen LogP contribution in [0.3, 0.4) is 0 Å². The molecular formula is C25H36N4O3. The van der Waals surface area contributed by atoms with Gasteiger partial charge in [0.25, 0.3) is 5.91 Å². The molecule has 0 saturated carbocycles. The number of morpholine rings is 1. The second-order valence-electron chi connectivity index (χ2n) is 9.21. The number of ether oxygens (including phenoxy) is 2. The highest BCUT2D eigenvalue weighted by molar-refractivity contribution is 5.94. The average Bonchev–Trinajstić information content (AvgIpc) is 3.16. The first-order valence-corrected chi connectivity index (χ1v) is 11.9. The number of hydrogen-bond donors (Lipinski definition) is 1. The van der Waals surface area contributed by atoms with E-state index in [4.69, 9.17) is 14.6 Å². The average molecular weight is 441 g/mol. The lowest BCUT2D eigenvalue weighted by Gasteiger charge is -2.28. The molecular weight excluding hydrogens is 404 g/mol. The summed E-state index contributed by atoms with van der Waals surface area (Å²) in [6.45, 7) is 8.63. The van der Waals surface area contributed by atoms with E-state index in [2.05, 4.69) is 36.0 Å². The van der Waals surface area contributed by atoms with Gasteiger partial charge in [0, 0.05) is 36.9 Å². The Morgan fingerprint density at radius 3 is 2.81 bits per heavy atom. The number of aromatic nitrogens is 2. The number of para-hydroxylation sites is 1. The zero-order valence-corrected chi connectivity index (χ0v) is 19.6. The largest absolute Gasteiger partial charge is 0.496 e. The van der Waals surface area contributed by atoms with E-state index in [1.807, 2.05) is 17.0 Å². The van der Waals surface area contributed by atoms with E-state index in [0.29, 0.717) is 44.0 Å². The van der Waals surface area contributed by atoms with Crippen molar-refractivity contribution in [1.82, 2.24) is 20.0 Å².